The van der Waals surface area contributed by atoms with Gasteiger partial charge in [-0.25, -0.2) is 0 Å². The number of ether oxygens (including phenoxy) is 1. The summed E-state index contributed by atoms with van der Waals surface area (Å²) in [5, 5.41) is 11.9. The lowest BCUT2D eigenvalue weighted by Crippen LogP contribution is -2.44. The van der Waals surface area contributed by atoms with Crippen LogP contribution in [0.3, 0.4) is 0 Å². The van der Waals surface area contributed by atoms with E-state index in [2.05, 4.69) is 5.32 Å². The molecule has 1 saturated heterocycles. The maximum absolute atomic E-state index is 12.7. The van der Waals surface area contributed by atoms with Crippen molar-refractivity contribution in [3.8, 4) is 5.75 Å². The van der Waals surface area contributed by atoms with Crippen molar-refractivity contribution in [2.24, 2.45) is 11.8 Å². The molecule has 2 aliphatic rings. The summed E-state index contributed by atoms with van der Waals surface area (Å²) >= 11 is 0. The molecule has 0 spiro atoms. The third kappa shape index (κ3) is 3.45. The fraction of sp³-hybridized carbons (Fsp3) is 0.500. The molecule has 3 atom stereocenters. The summed E-state index contributed by atoms with van der Waals surface area (Å²) in [5.74, 6) is -1.96. The van der Waals surface area contributed by atoms with Crippen LogP contribution >= 0.6 is 0 Å². The molecular formula is C18H22N2O5. The minimum absolute atomic E-state index is 0.221. The molecule has 134 valence electrons. The molecule has 1 heterocycles. The number of nitrogens with zero attached hydrogens (tertiary/aromatic N) is 1. The first-order chi connectivity index (χ1) is 11.9. The van der Waals surface area contributed by atoms with Gasteiger partial charge in [0.25, 0.3) is 0 Å². The highest BCUT2D eigenvalue weighted by atomic mass is 16.5. The summed E-state index contributed by atoms with van der Waals surface area (Å²) in [4.78, 5) is 37.7. The first kappa shape index (κ1) is 17.3. The number of aryl methyl sites for hydroxylation is 1. The molecule has 1 aliphatic carbocycles. The van der Waals surface area contributed by atoms with Crippen molar-refractivity contribution in [2.75, 3.05) is 19.0 Å². The molecule has 0 bridgehead atoms. The SMILES string of the molecule is COc1ccc(C)cc1NC(=O)C1CCCN1C(=O)C1CC1C(=O)O. The standard InChI is InChI=1S/C18H22N2O5/c1-10-5-6-15(25-2)13(8-10)19-16(21)14-4-3-7-20(14)17(22)11-9-12(11)18(23)24/h5-6,8,11-12,14H,3-4,7,9H2,1-2H3,(H,19,21)(H,23,24). The van der Waals surface area contributed by atoms with E-state index in [1.807, 2.05) is 19.1 Å². The first-order valence-electron chi connectivity index (χ1n) is 8.41. The average molecular weight is 346 g/mol. The molecule has 2 N–H and O–H groups in total. The largest absolute Gasteiger partial charge is 0.495 e. The van der Waals surface area contributed by atoms with Crippen molar-refractivity contribution >= 4 is 23.5 Å². The number of carbonyl (C=O) groups excluding carboxylic acids is 2. The Morgan fingerprint density at radius 1 is 1.28 bits per heavy atom. The third-order valence-electron chi connectivity index (χ3n) is 4.88. The summed E-state index contributed by atoms with van der Waals surface area (Å²) in [7, 11) is 1.53. The highest BCUT2D eigenvalue weighted by Gasteiger charge is 2.51. The number of aliphatic carboxylic acids is 1. The Hall–Kier alpha value is -2.57. The summed E-state index contributed by atoms with van der Waals surface area (Å²) < 4.78 is 5.27. The normalized spacial score (nSPS) is 24.7. The fourth-order valence-corrected chi connectivity index (χ4v) is 3.39. The average Bonchev–Trinajstić information content (AvgIpc) is 3.23. The smallest absolute Gasteiger partial charge is 0.307 e. The summed E-state index contributed by atoms with van der Waals surface area (Å²) in [6.07, 6.45) is 1.68. The molecule has 1 aromatic rings. The van der Waals surface area contributed by atoms with E-state index in [1.54, 1.807) is 6.07 Å². The van der Waals surface area contributed by atoms with Crippen LogP contribution in [0.15, 0.2) is 18.2 Å². The van der Waals surface area contributed by atoms with Crippen LogP contribution in [0.2, 0.25) is 0 Å². The fourth-order valence-electron chi connectivity index (χ4n) is 3.39. The zero-order valence-corrected chi connectivity index (χ0v) is 14.3. The number of rotatable bonds is 5. The van der Waals surface area contributed by atoms with Gasteiger partial charge in [-0.3, -0.25) is 14.4 Å². The van der Waals surface area contributed by atoms with Gasteiger partial charge in [-0.15, -0.1) is 0 Å². The molecule has 3 unspecified atom stereocenters. The maximum Gasteiger partial charge on any atom is 0.307 e. The van der Waals surface area contributed by atoms with Gasteiger partial charge in [-0.05, 0) is 43.9 Å². The molecule has 0 radical (unpaired) electrons. The van der Waals surface area contributed by atoms with Gasteiger partial charge >= 0.3 is 5.97 Å². The number of methoxy groups -OCH3 is 1. The van der Waals surface area contributed by atoms with Crippen LogP contribution in [-0.4, -0.2) is 47.5 Å². The highest BCUT2D eigenvalue weighted by Crippen LogP contribution is 2.41. The number of hydrogen-bond acceptors (Lipinski definition) is 4. The monoisotopic (exact) mass is 346 g/mol. The van der Waals surface area contributed by atoms with Crippen LogP contribution in [0.4, 0.5) is 5.69 Å². The highest BCUT2D eigenvalue weighted by molar-refractivity contribution is 6.00. The predicted octanol–water partition coefficient (Wildman–Crippen LogP) is 1.65. The van der Waals surface area contributed by atoms with E-state index >= 15 is 0 Å². The van der Waals surface area contributed by atoms with Crippen molar-refractivity contribution in [1.29, 1.82) is 0 Å². The van der Waals surface area contributed by atoms with E-state index in [1.165, 1.54) is 12.0 Å². The van der Waals surface area contributed by atoms with Gasteiger partial charge in [0, 0.05) is 6.54 Å². The molecular weight excluding hydrogens is 324 g/mol. The van der Waals surface area contributed by atoms with Gasteiger partial charge < -0.3 is 20.1 Å². The molecule has 1 aliphatic heterocycles. The first-order valence-corrected chi connectivity index (χ1v) is 8.41. The van der Waals surface area contributed by atoms with E-state index in [0.717, 1.165) is 12.0 Å². The lowest BCUT2D eigenvalue weighted by Gasteiger charge is -2.24. The van der Waals surface area contributed by atoms with Crippen LogP contribution in [0.1, 0.15) is 24.8 Å². The summed E-state index contributed by atoms with van der Waals surface area (Å²) in [5.41, 5.74) is 1.55. The van der Waals surface area contributed by atoms with Gasteiger partial charge in [0.1, 0.15) is 11.8 Å². The number of carbonyl (C=O) groups is 3. The number of likely N-dealkylation sites (tertiary alicyclic amines) is 1. The van der Waals surface area contributed by atoms with Gasteiger partial charge in [0.15, 0.2) is 0 Å². The molecule has 3 rings (SSSR count). The minimum Gasteiger partial charge on any atom is -0.495 e. The molecule has 25 heavy (non-hydrogen) atoms. The Labute approximate surface area is 146 Å². The van der Waals surface area contributed by atoms with Crippen molar-refractivity contribution in [2.45, 2.75) is 32.2 Å². The minimum atomic E-state index is -0.942. The molecule has 1 saturated carbocycles. The Morgan fingerprint density at radius 2 is 2.04 bits per heavy atom. The number of carboxylic acids is 1. The van der Waals surface area contributed by atoms with Crippen molar-refractivity contribution in [3.05, 3.63) is 23.8 Å². The zero-order chi connectivity index (χ0) is 18.1. The number of amides is 2. The Bertz CT molecular complexity index is 717. The molecule has 0 aromatic heterocycles. The van der Waals surface area contributed by atoms with E-state index in [4.69, 9.17) is 9.84 Å². The van der Waals surface area contributed by atoms with Gasteiger partial charge in [0.2, 0.25) is 11.8 Å². The number of anilines is 1. The Morgan fingerprint density at radius 3 is 2.68 bits per heavy atom. The van der Waals surface area contributed by atoms with E-state index in [0.29, 0.717) is 30.8 Å². The number of carboxylic acid groups (broad SMARTS) is 1. The van der Waals surface area contributed by atoms with Crippen molar-refractivity contribution in [3.63, 3.8) is 0 Å². The van der Waals surface area contributed by atoms with E-state index in [-0.39, 0.29) is 11.8 Å². The molecule has 2 fully saturated rings. The number of nitrogens with one attached hydrogen (secondary N) is 1. The molecule has 1 aromatic carbocycles. The Kier molecular flexibility index (Phi) is 4.65. The van der Waals surface area contributed by atoms with Crippen molar-refractivity contribution < 1.29 is 24.2 Å². The second-order valence-corrected chi connectivity index (χ2v) is 6.67. The van der Waals surface area contributed by atoms with Crippen LogP contribution < -0.4 is 10.1 Å². The molecule has 7 heteroatoms. The second kappa shape index (κ2) is 6.74. The number of benzene rings is 1. The topological polar surface area (TPSA) is 95.9 Å². The lowest BCUT2D eigenvalue weighted by atomic mass is 10.1. The van der Waals surface area contributed by atoms with Crippen molar-refractivity contribution in [1.82, 2.24) is 4.90 Å². The van der Waals surface area contributed by atoms with Crippen LogP contribution in [0.25, 0.3) is 0 Å². The zero-order valence-electron chi connectivity index (χ0n) is 14.3. The van der Waals surface area contributed by atoms with Crippen LogP contribution in [0, 0.1) is 18.8 Å². The Balaban J connectivity index is 1.70. The predicted molar refractivity (Wildman–Crippen MR) is 90.3 cm³/mol. The lowest BCUT2D eigenvalue weighted by molar-refractivity contribution is -0.143. The number of hydrogen-bond donors (Lipinski definition) is 2. The summed E-state index contributed by atoms with van der Waals surface area (Å²) in [6, 6.07) is 4.93. The summed E-state index contributed by atoms with van der Waals surface area (Å²) in [6.45, 7) is 2.41. The van der Waals surface area contributed by atoms with Gasteiger partial charge in [0.05, 0.1) is 24.6 Å². The van der Waals surface area contributed by atoms with E-state index < -0.39 is 23.8 Å². The molecule has 7 nitrogen and oxygen atoms in total. The van der Waals surface area contributed by atoms with Gasteiger partial charge in [-0.1, -0.05) is 6.07 Å². The quantitative estimate of drug-likeness (QED) is 0.845. The molecule has 2 amide bonds. The van der Waals surface area contributed by atoms with Crippen LogP contribution in [0.5, 0.6) is 5.75 Å². The maximum atomic E-state index is 12.7. The van der Waals surface area contributed by atoms with Crippen LogP contribution in [-0.2, 0) is 14.4 Å². The van der Waals surface area contributed by atoms with Gasteiger partial charge in [-0.2, -0.15) is 0 Å². The third-order valence-corrected chi connectivity index (χ3v) is 4.88. The second-order valence-electron chi connectivity index (χ2n) is 6.67. The van der Waals surface area contributed by atoms with E-state index in [9.17, 15) is 14.4 Å².